The predicted octanol–water partition coefficient (Wildman–Crippen LogP) is 1.13. The fourth-order valence-corrected chi connectivity index (χ4v) is 2.57. The zero-order valence-electron chi connectivity index (χ0n) is 12.3. The van der Waals surface area contributed by atoms with Gasteiger partial charge in [0.2, 0.25) is 5.91 Å². The second-order valence-corrected chi connectivity index (χ2v) is 5.50. The van der Waals surface area contributed by atoms with Gasteiger partial charge in [-0.2, -0.15) is 0 Å². The lowest BCUT2D eigenvalue weighted by atomic mass is 10.2. The minimum atomic E-state index is -0.271. The van der Waals surface area contributed by atoms with E-state index in [1.165, 1.54) is 12.8 Å². The van der Waals surface area contributed by atoms with Crippen LogP contribution in [0.15, 0.2) is 6.20 Å². The average Bonchev–Trinajstić information content (AvgIpc) is 2.76. The van der Waals surface area contributed by atoms with Crippen LogP contribution in [0.1, 0.15) is 50.8 Å². The molecule has 0 aromatic carbocycles. The van der Waals surface area contributed by atoms with Crippen LogP contribution in [0, 0.1) is 0 Å². The van der Waals surface area contributed by atoms with Gasteiger partial charge in [-0.3, -0.25) is 4.79 Å². The van der Waals surface area contributed by atoms with Crippen LogP contribution in [0.5, 0.6) is 0 Å². The van der Waals surface area contributed by atoms with Gasteiger partial charge in [0.1, 0.15) is 6.04 Å². The highest BCUT2D eigenvalue weighted by Crippen LogP contribution is 2.15. The average molecular weight is 279 g/mol. The third-order valence-corrected chi connectivity index (χ3v) is 3.87. The van der Waals surface area contributed by atoms with Gasteiger partial charge in [-0.05, 0) is 39.2 Å². The molecule has 112 valence electrons. The van der Waals surface area contributed by atoms with Crippen LogP contribution in [-0.2, 0) is 11.2 Å². The zero-order chi connectivity index (χ0) is 14.4. The molecule has 1 aliphatic heterocycles. The van der Waals surface area contributed by atoms with Crippen LogP contribution < -0.4 is 5.73 Å². The van der Waals surface area contributed by atoms with E-state index in [9.17, 15) is 4.79 Å². The normalized spacial score (nSPS) is 17.8. The van der Waals surface area contributed by atoms with Gasteiger partial charge >= 0.3 is 0 Å². The van der Waals surface area contributed by atoms with Crippen molar-refractivity contribution in [3.05, 3.63) is 11.9 Å². The number of aromatic nitrogens is 3. The molecule has 0 spiro atoms. The second-order valence-electron chi connectivity index (χ2n) is 5.50. The number of nitrogens with zero attached hydrogens (tertiary/aromatic N) is 4. The number of amides is 1. The monoisotopic (exact) mass is 279 g/mol. The maximum Gasteiger partial charge on any atom is 0.247 e. The smallest absolute Gasteiger partial charge is 0.247 e. The highest BCUT2D eigenvalue weighted by Gasteiger charge is 2.23. The Balaban J connectivity index is 1.96. The standard InChI is InChI=1S/C14H25N5O/c1-12(14(20)18-9-4-2-3-5-10-18)19-11-13(16-17-19)7-6-8-15/h11-12H,2-10,15H2,1H3. The molecule has 20 heavy (non-hydrogen) atoms. The molecule has 2 heterocycles. The van der Waals surface area contributed by atoms with E-state index in [4.69, 9.17) is 5.73 Å². The SMILES string of the molecule is CC(C(=O)N1CCCCCC1)n1cc(CCCN)nn1. The fraction of sp³-hybridized carbons (Fsp3) is 0.786. The molecule has 0 saturated carbocycles. The van der Waals surface area contributed by atoms with Crippen LogP contribution in [0.2, 0.25) is 0 Å². The summed E-state index contributed by atoms with van der Waals surface area (Å²) >= 11 is 0. The van der Waals surface area contributed by atoms with E-state index in [1.54, 1.807) is 4.68 Å². The molecule has 1 amide bonds. The molecular weight excluding hydrogens is 254 g/mol. The summed E-state index contributed by atoms with van der Waals surface area (Å²) in [4.78, 5) is 14.5. The van der Waals surface area contributed by atoms with Crippen molar-refractivity contribution in [2.45, 2.75) is 51.5 Å². The molecule has 1 fully saturated rings. The van der Waals surface area contributed by atoms with Crippen LogP contribution in [0.3, 0.4) is 0 Å². The first-order chi connectivity index (χ1) is 9.72. The molecule has 0 aliphatic carbocycles. The van der Waals surface area contributed by atoms with E-state index in [2.05, 4.69) is 10.3 Å². The number of carbonyl (C=O) groups excluding carboxylic acids is 1. The van der Waals surface area contributed by atoms with Gasteiger partial charge in [0.25, 0.3) is 0 Å². The maximum atomic E-state index is 12.5. The predicted molar refractivity (Wildman–Crippen MR) is 77.2 cm³/mol. The summed E-state index contributed by atoms with van der Waals surface area (Å²) in [6.07, 6.45) is 8.26. The van der Waals surface area contributed by atoms with Crippen molar-refractivity contribution >= 4 is 5.91 Å². The van der Waals surface area contributed by atoms with E-state index in [-0.39, 0.29) is 11.9 Å². The summed E-state index contributed by atoms with van der Waals surface area (Å²) in [5, 5.41) is 8.19. The largest absolute Gasteiger partial charge is 0.341 e. The van der Waals surface area contributed by atoms with Gasteiger partial charge in [0.15, 0.2) is 0 Å². The van der Waals surface area contributed by atoms with Crippen LogP contribution in [0.25, 0.3) is 0 Å². The van der Waals surface area contributed by atoms with Crippen LogP contribution in [0.4, 0.5) is 0 Å². The lowest BCUT2D eigenvalue weighted by Gasteiger charge is -2.23. The Kier molecular flexibility index (Phi) is 5.52. The van der Waals surface area contributed by atoms with Crippen LogP contribution in [-0.4, -0.2) is 45.4 Å². The second kappa shape index (κ2) is 7.38. The Morgan fingerprint density at radius 2 is 2.05 bits per heavy atom. The molecule has 0 bridgehead atoms. The minimum Gasteiger partial charge on any atom is -0.341 e. The first-order valence-electron chi connectivity index (χ1n) is 7.62. The number of likely N-dealkylation sites (tertiary alicyclic amines) is 1. The topological polar surface area (TPSA) is 77.0 Å². The van der Waals surface area contributed by atoms with Crippen molar-refractivity contribution in [2.24, 2.45) is 5.73 Å². The highest BCUT2D eigenvalue weighted by molar-refractivity contribution is 5.80. The van der Waals surface area contributed by atoms with Gasteiger partial charge in [0.05, 0.1) is 5.69 Å². The molecule has 1 atom stereocenters. The Morgan fingerprint density at radius 1 is 1.35 bits per heavy atom. The quantitative estimate of drug-likeness (QED) is 0.876. The van der Waals surface area contributed by atoms with E-state index < -0.39 is 0 Å². The van der Waals surface area contributed by atoms with Crippen molar-refractivity contribution in [2.75, 3.05) is 19.6 Å². The Morgan fingerprint density at radius 3 is 2.70 bits per heavy atom. The number of carbonyl (C=O) groups is 1. The molecule has 1 saturated heterocycles. The maximum absolute atomic E-state index is 12.5. The molecular formula is C14H25N5O. The minimum absolute atomic E-state index is 0.155. The van der Waals surface area contributed by atoms with Gasteiger partial charge in [-0.15, -0.1) is 5.10 Å². The third-order valence-electron chi connectivity index (χ3n) is 3.87. The van der Waals surface area contributed by atoms with Gasteiger partial charge < -0.3 is 10.6 Å². The molecule has 1 aliphatic rings. The molecule has 6 heteroatoms. The van der Waals surface area contributed by atoms with Crippen molar-refractivity contribution in [3.63, 3.8) is 0 Å². The molecule has 2 N–H and O–H groups in total. The van der Waals surface area contributed by atoms with E-state index in [0.717, 1.165) is 44.5 Å². The molecule has 1 aromatic heterocycles. The molecule has 2 rings (SSSR count). The van der Waals surface area contributed by atoms with Gasteiger partial charge in [0, 0.05) is 19.3 Å². The summed E-state index contributed by atoms with van der Waals surface area (Å²) < 4.78 is 1.68. The van der Waals surface area contributed by atoms with Crippen molar-refractivity contribution < 1.29 is 4.79 Å². The van der Waals surface area contributed by atoms with E-state index >= 15 is 0 Å². The lowest BCUT2D eigenvalue weighted by Crippen LogP contribution is -2.37. The van der Waals surface area contributed by atoms with Crippen molar-refractivity contribution in [3.8, 4) is 0 Å². The summed E-state index contributed by atoms with van der Waals surface area (Å²) in [5.41, 5.74) is 6.40. The van der Waals surface area contributed by atoms with Gasteiger partial charge in [-0.25, -0.2) is 4.68 Å². The number of hydrogen-bond donors (Lipinski definition) is 1. The Bertz CT molecular complexity index is 423. The van der Waals surface area contributed by atoms with Crippen molar-refractivity contribution in [1.29, 1.82) is 0 Å². The Labute approximate surface area is 120 Å². The van der Waals surface area contributed by atoms with Gasteiger partial charge in [-0.1, -0.05) is 18.1 Å². The number of rotatable bonds is 5. The summed E-state index contributed by atoms with van der Waals surface area (Å²) in [5.74, 6) is 0.155. The third kappa shape index (κ3) is 3.79. The summed E-state index contributed by atoms with van der Waals surface area (Å²) in [6.45, 7) is 4.29. The lowest BCUT2D eigenvalue weighted by molar-refractivity contribution is -0.134. The summed E-state index contributed by atoms with van der Waals surface area (Å²) in [6, 6.07) is -0.271. The summed E-state index contributed by atoms with van der Waals surface area (Å²) in [7, 11) is 0. The van der Waals surface area contributed by atoms with E-state index in [1.807, 2.05) is 18.0 Å². The van der Waals surface area contributed by atoms with Crippen LogP contribution >= 0.6 is 0 Å². The molecule has 1 unspecified atom stereocenters. The molecule has 0 radical (unpaired) electrons. The molecule has 1 aromatic rings. The first-order valence-corrected chi connectivity index (χ1v) is 7.62. The molecule has 6 nitrogen and oxygen atoms in total. The number of nitrogens with two attached hydrogens (primary N) is 1. The Hall–Kier alpha value is -1.43. The zero-order valence-corrected chi connectivity index (χ0v) is 12.3. The highest BCUT2D eigenvalue weighted by atomic mass is 16.2. The number of hydrogen-bond acceptors (Lipinski definition) is 4. The van der Waals surface area contributed by atoms with E-state index in [0.29, 0.717) is 6.54 Å². The number of aryl methyl sites for hydroxylation is 1. The van der Waals surface area contributed by atoms with Crippen molar-refractivity contribution in [1.82, 2.24) is 19.9 Å². The first kappa shape index (κ1) is 15.0. The fourth-order valence-electron chi connectivity index (χ4n) is 2.57.